The van der Waals surface area contributed by atoms with Gasteiger partial charge >= 0.3 is 5.97 Å². The van der Waals surface area contributed by atoms with Crippen LogP contribution in [0.5, 0.6) is 11.5 Å². The fourth-order valence-corrected chi connectivity index (χ4v) is 3.07. The van der Waals surface area contributed by atoms with E-state index in [9.17, 15) is 15.0 Å². The fourth-order valence-electron chi connectivity index (χ4n) is 3.07. The number of ether oxygens (including phenoxy) is 2. The van der Waals surface area contributed by atoms with Gasteiger partial charge in [-0.2, -0.15) is 0 Å². The van der Waals surface area contributed by atoms with Crippen LogP contribution < -0.4 is 9.47 Å². The summed E-state index contributed by atoms with van der Waals surface area (Å²) in [5.41, 5.74) is 1.11. The fraction of sp³-hybridized carbons (Fsp3) is 0.286. The molecule has 2 aromatic rings. The first-order valence-corrected chi connectivity index (χ1v) is 8.40. The molecule has 136 valence electrons. The second kappa shape index (κ2) is 6.84. The van der Waals surface area contributed by atoms with Crippen molar-refractivity contribution >= 4 is 18.1 Å². The first-order chi connectivity index (χ1) is 12.3. The summed E-state index contributed by atoms with van der Waals surface area (Å²) in [6, 6.07) is 11.3. The molecule has 1 aliphatic rings. The largest absolute Gasteiger partial charge is 0.496 e. The third-order valence-corrected chi connectivity index (χ3v) is 4.50. The van der Waals surface area contributed by atoms with Crippen molar-refractivity contribution in [1.82, 2.24) is 0 Å². The van der Waals surface area contributed by atoms with Crippen LogP contribution in [0.15, 0.2) is 36.4 Å². The van der Waals surface area contributed by atoms with Gasteiger partial charge < -0.3 is 19.7 Å². The molecule has 0 bridgehead atoms. The van der Waals surface area contributed by atoms with Gasteiger partial charge in [0.1, 0.15) is 23.2 Å². The molecule has 1 atom stereocenters. The number of carbonyl (C=O) groups is 1. The van der Waals surface area contributed by atoms with Gasteiger partial charge in [-0.15, -0.1) is 0 Å². The number of aliphatic hydroxyl groups is 1. The van der Waals surface area contributed by atoms with Crippen molar-refractivity contribution in [3.05, 3.63) is 58.7 Å². The lowest BCUT2D eigenvalue weighted by Crippen LogP contribution is -2.39. The molecule has 5 heteroatoms. The van der Waals surface area contributed by atoms with Crippen LogP contribution in [-0.2, 0) is 6.42 Å². The second-order valence-electron chi connectivity index (χ2n) is 6.86. The number of aromatic carboxylic acids is 1. The van der Waals surface area contributed by atoms with Gasteiger partial charge in [0.15, 0.2) is 0 Å². The number of fused-ring (bicyclic) bond motifs is 1. The maximum Gasteiger partial charge on any atom is 0.340 e. The molecule has 3 rings (SSSR count). The minimum atomic E-state index is -1.10. The van der Waals surface area contributed by atoms with Crippen LogP contribution in [0.2, 0.25) is 0 Å². The zero-order valence-corrected chi connectivity index (χ0v) is 15.0. The molecule has 2 aromatic carbocycles. The third-order valence-electron chi connectivity index (χ3n) is 4.50. The minimum absolute atomic E-state index is 0.0831. The predicted octanol–water partition coefficient (Wildman–Crippen LogP) is 3.64. The Morgan fingerprint density at radius 1 is 1.27 bits per heavy atom. The maximum absolute atomic E-state index is 11.9. The summed E-state index contributed by atoms with van der Waals surface area (Å²) < 4.78 is 11.3. The smallest absolute Gasteiger partial charge is 0.340 e. The van der Waals surface area contributed by atoms with Crippen molar-refractivity contribution in [2.75, 3.05) is 7.11 Å². The zero-order chi connectivity index (χ0) is 18.9. The molecule has 1 heterocycles. The molecule has 0 aliphatic carbocycles. The first-order valence-electron chi connectivity index (χ1n) is 8.40. The van der Waals surface area contributed by atoms with Crippen LogP contribution in [0.1, 0.15) is 40.9 Å². The summed E-state index contributed by atoms with van der Waals surface area (Å²) in [7, 11) is 1.54. The molecule has 5 nitrogen and oxygen atoms in total. The van der Waals surface area contributed by atoms with E-state index in [0.29, 0.717) is 23.3 Å². The Balaban J connectivity index is 2.10. The van der Waals surface area contributed by atoms with E-state index < -0.39 is 17.7 Å². The van der Waals surface area contributed by atoms with Gasteiger partial charge in [0.2, 0.25) is 0 Å². The Labute approximate surface area is 152 Å². The average Bonchev–Trinajstić information content (AvgIpc) is 3.04. The predicted molar refractivity (Wildman–Crippen MR) is 99.7 cm³/mol. The van der Waals surface area contributed by atoms with E-state index in [2.05, 4.69) is 0 Å². The molecule has 1 unspecified atom stereocenters. The molecular weight excluding hydrogens is 332 g/mol. The Hall–Kier alpha value is -2.79. The number of hydrogen-bond acceptors (Lipinski definition) is 4. The van der Waals surface area contributed by atoms with Gasteiger partial charge in [-0.25, -0.2) is 4.79 Å². The topological polar surface area (TPSA) is 76.0 Å². The second-order valence-corrected chi connectivity index (χ2v) is 6.86. The zero-order valence-electron chi connectivity index (χ0n) is 15.0. The molecule has 2 N–H and O–H groups in total. The van der Waals surface area contributed by atoms with E-state index in [-0.39, 0.29) is 11.3 Å². The van der Waals surface area contributed by atoms with E-state index in [0.717, 1.165) is 5.56 Å². The van der Waals surface area contributed by atoms with Crippen LogP contribution in [-0.4, -0.2) is 35.0 Å². The SMILES string of the molecule is COc1cc(/C=C/c2ccccc2)c(C(=O)O)c2c1CC(C(C)(C)O)O2. The van der Waals surface area contributed by atoms with Crippen molar-refractivity contribution in [3.63, 3.8) is 0 Å². The highest BCUT2D eigenvalue weighted by Crippen LogP contribution is 2.43. The van der Waals surface area contributed by atoms with Crippen molar-refractivity contribution in [1.29, 1.82) is 0 Å². The normalized spacial score (nSPS) is 16.4. The molecule has 0 spiro atoms. The molecule has 0 saturated heterocycles. The Morgan fingerprint density at radius 2 is 1.96 bits per heavy atom. The van der Waals surface area contributed by atoms with E-state index in [1.165, 1.54) is 7.11 Å². The summed E-state index contributed by atoms with van der Waals surface area (Å²) in [5, 5.41) is 20.0. The van der Waals surface area contributed by atoms with Gasteiger partial charge in [0.05, 0.1) is 12.7 Å². The summed E-state index contributed by atoms with van der Waals surface area (Å²) in [5.74, 6) is -0.242. The molecule has 0 saturated carbocycles. The van der Waals surface area contributed by atoms with Crippen LogP contribution >= 0.6 is 0 Å². The minimum Gasteiger partial charge on any atom is -0.496 e. The van der Waals surface area contributed by atoms with Gasteiger partial charge in [0, 0.05) is 12.0 Å². The van der Waals surface area contributed by atoms with Crippen LogP contribution in [0, 0.1) is 0 Å². The summed E-state index contributed by atoms with van der Waals surface area (Å²) in [6.07, 6.45) is 3.45. The quantitative estimate of drug-likeness (QED) is 0.802. The summed E-state index contributed by atoms with van der Waals surface area (Å²) in [4.78, 5) is 11.9. The highest BCUT2D eigenvalue weighted by atomic mass is 16.5. The summed E-state index contributed by atoms with van der Waals surface area (Å²) >= 11 is 0. The maximum atomic E-state index is 11.9. The number of rotatable bonds is 5. The van der Waals surface area contributed by atoms with E-state index in [4.69, 9.17) is 9.47 Å². The van der Waals surface area contributed by atoms with Gasteiger partial charge in [0.25, 0.3) is 0 Å². The van der Waals surface area contributed by atoms with Gasteiger partial charge in [-0.1, -0.05) is 42.5 Å². The third kappa shape index (κ3) is 3.44. The van der Waals surface area contributed by atoms with Crippen LogP contribution in [0.3, 0.4) is 0 Å². The Morgan fingerprint density at radius 3 is 2.54 bits per heavy atom. The van der Waals surface area contributed by atoms with Crippen molar-refractivity contribution in [2.24, 2.45) is 0 Å². The molecule has 0 fully saturated rings. The molecule has 0 aromatic heterocycles. The molecular formula is C21H22O5. The van der Waals surface area contributed by atoms with Crippen LogP contribution in [0.25, 0.3) is 12.2 Å². The van der Waals surface area contributed by atoms with E-state index >= 15 is 0 Å². The van der Waals surface area contributed by atoms with E-state index in [1.54, 1.807) is 26.0 Å². The monoisotopic (exact) mass is 354 g/mol. The number of carboxylic acids is 1. The lowest BCUT2D eigenvalue weighted by atomic mass is 9.94. The molecule has 1 aliphatic heterocycles. The van der Waals surface area contributed by atoms with Crippen molar-refractivity contribution < 1.29 is 24.5 Å². The van der Waals surface area contributed by atoms with Gasteiger partial charge in [-0.05, 0) is 31.0 Å². The lowest BCUT2D eigenvalue weighted by molar-refractivity contribution is -0.0233. The lowest BCUT2D eigenvalue weighted by Gasteiger charge is -2.24. The van der Waals surface area contributed by atoms with Crippen LogP contribution in [0.4, 0.5) is 0 Å². The number of carboxylic acid groups (broad SMARTS) is 1. The molecule has 0 amide bonds. The number of hydrogen-bond donors (Lipinski definition) is 2. The average molecular weight is 354 g/mol. The highest BCUT2D eigenvalue weighted by Gasteiger charge is 2.39. The van der Waals surface area contributed by atoms with Crippen molar-refractivity contribution in [2.45, 2.75) is 32.0 Å². The standard InChI is InChI=1S/C21H22O5/c1-21(2,24)17-12-15-16(25-3)11-14(18(20(22)23)19(15)26-17)10-9-13-7-5-4-6-8-13/h4-11,17,24H,12H2,1-3H3,(H,22,23)/b10-9+. The summed E-state index contributed by atoms with van der Waals surface area (Å²) in [6.45, 7) is 3.29. The molecule has 0 radical (unpaired) electrons. The highest BCUT2D eigenvalue weighted by molar-refractivity contribution is 5.98. The first kappa shape index (κ1) is 18.0. The Bertz CT molecular complexity index is 847. The Kier molecular flexibility index (Phi) is 4.74. The molecule has 26 heavy (non-hydrogen) atoms. The van der Waals surface area contributed by atoms with Crippen molar-refractivity contribution in [3.8, 4) is 11.5 Å². The number of benzene rings is 2. The van der Waals surface area contributed by atoms with Gasteiger partial charge in [-0.3, -0.25) is 0 Å². The number of methoxy groups -OCH3 is 1. The van der Waals surface area contributed by atoms with E-state index in [1.807, 2.05) is 36.4 Å².